The Hall–Kier alpha value is -2.57. The molecule has 0 saturated carbocycles. The number of benzene rings is 1. The maximum absolute atomic E-state index is 12.7. The first-order chi connectivity index (χ1) is 8.33. The lowest BCUT2D eigenvalue weighted by atomic mass is 10.2. The fraction of sp³-hybridized carbons (Fsp3) is 0. The van der Waals surface area contributed by atoms with Crippen molar-refractivity contribution >= 4 is 17.9 Å². The van der Waals surface area contributed by atoms with E-state index in [0.29, 0.717) is 11.7 Å². The number of hydrogen-bond donors (Lipinski definition) is 1. The molecule has 0 aliphatic carbocycles. The standard InChI is InChI=1S/C10H7FN6/c11-8-3-1-7(2-4-8)5-12-9-15-16-10-13-6-14-17(9)10/h1-6H,(H,13,14,16). The smallest absolute Gasteiger partial charge is 0.273 e. The highest BCUT2D eigenvalue weighted by atomic mass is 19.1. The van der Waals surface area contributed by atoms with E-state index in [1.807, 2.05) is 0 Å². The molecule has 0 atom stereocenters. The molecule has 84 valence electrons. The molecule has 0 unspecified atom stereocenters. The summed E-state index contributed by atoms with van der Waals surface area (Å²) in [5, 5.41) is 10.5. The van der Waals surface area contributed by atoms with Crippen LogP contribution < -0.4 is 0 Å². The number of nitrogens with one attached hydrogen (secondary N) is 1. The van der Waals surface area contributed by atoms with Crippen molar-refractivity contribution in [2.45, 2.75) is 0 Å². The third kappa shape index (κ3) is 1.78. The van der Waals surface area contributed by atoms with Crippen LogP contribution in [0.1, 0.15) is 5.56 Å². The minimum Gasteiger partial charge on any atom is -0.278 e. The van der Waals surface area contributed by atoms with Crippen molar-refractivity contribution in [3.63, 3.8) is 0 Å². The summed E-state index contributed by atoms with van der Waals surface area (Å²) in [5.41, 5.74) is 0.780. The fourth-order valence-electron chi connectivity index (χ4n) is 1.38. The van der Waals surface area contributed by atoms with Gasteiger partial charge in [0, 0.05) is 6.21 Å². The van der Waals surface area contributed by atoms with Crippen molar-refractivity contribution in [3.05, 3.63) is 42.0 Å². The molecule has 7 heteroatoms. The number of rotatable bonds is 2. The second kappa shape index (κ2) is 3.78. The SMILES string of the molecule is Fc1ccc(C=Nc2nnc3nc[nH]n23)cc1. The van der Waals surface area contributed by atoms with Crippen molar-refractivity contribution in [2.24, 2.45) is 4.99 Å². The molecule has 2 aromatic heterocycles. The van der Waals surface area contributed by atoms with Crippen LogP contribution in [0.5, 0.6) is 0 Å². The molecule has 3 aromatic rings. The second-order valence-electron chi connectivity index (χ2n) is 3.33. The predicted octanol–water partition coefficient (Wildman–Crippen LogP) is 1.34. The molecule has 1 N–H and O–H groups in total. The highest BCUT2D eigenvalue weighted by Gasteiger charge is 2.03. The van der Waals surface area contributed by atoms with E-state index < -0.39 is 0 Å². The van der Waals surface area contributed by atoms with Gasteiger partial charge in [0.25, 0.3) is 11.7 Å². The average Bonchev–Trinajstić information content (AvgIpc) is 2.91. The number of halogens is 1. The van der Waals surface area contributed by atoms with Crippen LogP contribution in [0.15, 0.2) is 35.6 Å². The van der Waals surface area contributed by atoms with Crippen molar-refractivity contribution in [1.82, 2.24) is 24.8 Å². The van der Waals surface area contributed by atoms with Gasteiger partial charge in [-0.05, 0) is 17.7 Å². The lowest BCUT2D eigenvalue weighted by molar-refractivity contribution is 0.628. The average molecular weight is 230 g/mol. The molecule has 17 heavy (non-hydrogen) atoms. The molecule has 0 bridgehead atoms. The first-order valence-electron chi connectivity index (χ1n) is 4.87. The Bertz CT molecular complexity index is 665. The number of nitrogens with zero attached hydrogens (tertiary/aromatic N) is 5. The Kier molecular flexibility index (Phi) is 2.14. The van der Waals surface area contributed by atoms with Gasteiger partial charge >= 0.3 is 0 Å². The normalized spacial score (nSPS) is 11.6. The van der Waals surface area contributed by atoms with Crippen LogP contribution in [0.3, 0.4) is 0 Å². The molecular weight excluding hydrogens is 223 g/mol. The van der Waals surface area contributed by atoms with Crippen molar-refractivity contribution in [3.8, 4) is 0 Å². The minimum absolute atomic E-state index is 0.277. The van der Waals surface area contributed by atoms with Gasteiger partial charge < -0.3 is 0 Å². The molecule has 6 nitrogen and oxygen atoms in total. The number of H-pyrrole nitrogens is 1. The molecule has 0 aliphatic rings. The van der Waals surface area contributed by atoms with Gasteiger partial charge in [0.1, 0.15) is 12.1 Å². The molecular formula is C10H7FN6. The molecule has 1 aromatic carbocycles. The summed E-state index contributed by atoms with van der Waals surface area (Å²) in [5.74, 6) is 0.568. The second-order valence-corrected chi connectivity index (χ2v) is 3.33. The lowest BCUT2D eigenvalue weighted by Crippen LogP contribution is -1.85. The number of fused-ring (bicyclic) bond motifs is 1. The van der Waals surface area contributed by atoms with Crippen LogP contribution in [0.25, 0.3) is 5.78 Å². The number of aliphatic imine (C=N–C) groups is 1. The lowest BCUT2D eigenvalue weighted by Gasteiger charge is -1.91. The summed E-state index contributed by atoms with van der Waals surface area (Å²) in [4.78, 5) is 8.05. The van der Waals surface area contributed by atoms with E-state index in [0.717, 1.165) is 5.56 Å². The Balaban J connectivity index is 1.92. The van der Waals surface area contributed by atoms with Gasteiger partial charge in [-0.15, -0.1) is 10.2 Å². The van der Waals surface area contributed by atoms with Gasteiger partial charge in [0.15, 0.2) is 0 Å². The summed E-state index contributed by atoms with van der Waals surface area (Å²) in [6.07, 6.45) is 3.08. The zero-order valence-corrected chi connectivity index (χ0v) is 8.58. The predicted molar refractivity (Wildman–Crippen MR) is 58.8 cm³/mol. The van der Waals surface area contributed by atoms with E-state index in [1.54, 1.807) is 22.9 Å². The molecule has 0 radical (unpaired) electrons. The van der Waals surface area contributed by atoms with Crippen LogP contribution >= 0.6 is 0 Å². The molecule has 0 aliphatic heterocycles. The summed E-state index contributed by atoms with van der Waals surface area (Å²) in [6, 6.07) is 6.00. The monoisotopic (exact) mass is 230 g/mol. The quantitative estimate of drug-likeness (QED) is 0.675. The van der Waals surface area contributed by atoms with Gasteiger partial charge in [-0.3, -0.25) is 5.10 Å². The van der Waals surface area contributed by atoms with Crippen molar-refractivity contribution < 1.29 is 4.39 Å². The highest BCUT2D eigenvalue weighted by Crippen LogP contribution is 2.08. The van der Waals surface area contributed by atoms with E-state index in [-0.39, 0.29) is 5.82 Å². The molecule has 0 spiro atoms. The largest absolute Gasteiger partial charge is 0.278 e. The number of hydrogen-bond acceptors (Lipinski definition) is 4. The van der Waals surface area contributed by atoms with Crippen molar-refractivity contribution in [2.75, 3.05) is 0 Å². The Morgan fingerprint density at radius 2 is 2.06 bits per heavy atom. The Labute approximate surface area is 94.8 Å². The van der Waals surface area contributed by atoms with Crippen molar-refractivity contribution in [1.29, 1.82) is 0 Å². The molecule has 2 heterocycles. The van der Waals surface area contributed by atoms with E-state index in [4.69, 9.17) is 0 Å². The van der Waals surface area contributed by atoms with Gasteiger partial charge in [0.2, 0.25) is 0 Å². The topological polar surface area (TPSA) is 71.2 Å². The summed E-state index contributed by atoms with van der Waals surface area (Å²) >= 11 is 0. The maximum atomic E-state index is 12.7. The third-order valence-electron chi connectivity index (χ3n) is 2.19. The highest BCUT2D eigenvalue weighted by molar-refractivity contribution is 5.81. The Morgan fingerprint density at radius 3 is 2.88 bits per heavy atom. The van der Waals surface area contributed by atoms with Crippen LogP contribution in [0.2, 0.25) is 0 Å². The van der Waals surface area contributed by atoms with Gasteiger partial charge in [-0.1, -0.05) is 12.1 Å². The van der Waals surface area contributed by atoms with Crippen LogP contribution in [0.4, 0.5) is 10.3 Å². The minimum atomic E-state index is -0.277. The van der Waals surface area contributed by atoms with Gasteiger partial charge in [-0.2, -0.15) is 9.50 Å². The van der Waals surface area contributed by atoms with E-state index in [2.05, 4.69) is 25.3 Å². The third-order valence-corrected chi connectivity index (χ3v) is 2.19. The van der Waals surface area contributed by atoms with Crippen LogP contribution in [0, 0.1) is 5.82 Å². The summed E-state index contributed by atoms with van der Waals surface area (Å²) in [6.45, 7) is 0. The molecule has 0 saturated heterocycles. The fourth-order valence-corrected chi connectivity index (χ4v) is 1.38. The molecule has 0 fully saturated rings. The molecule has 0 amide bonds. The van der Waals surface area contributed by atoms with E-state index in [1.165, 1.54) is 18.5 Å². The first kappa shape index (κ1) is 9.64. The first-order valence-corrected chi connectivity index (χ1v) is 4.87. The summed E-state index contributed by atoms with van der Waals surface area (Å²) in [7, 11) is 0. The van der Waals surface area contributed by atoms with E-state index >= 15 is 0 Å². The molecule has 3 rings (SSSR count). The number of aromatic amines is 1. The number of aromatic nitrogens is 5. The van der Waals surface area contributed by atoms with E-state index in [9.17, 15) is 4.39 Å². The summed E-state index contributed by atoms with van der Waals surface area (Å²) < 4.78 is 14.2. The Morgan fingerprint density at radius 1 is 1.24 bits per heavy atom. The zero-order valence-electron chi connectivity index (χ0n) is 8.58. The zero-order chi connectivity index (χ0) is 11.7. The van der Waals surface area contributed by atoms with Gasteiger partial charge in [-0.25, -0.2) is 9.38 Å². The van der Waals surface area contributed by atoms with Crippen LogP contribution in [-0.2, 0) is 0 Å². The van der Waals surface area contributed by atoms with Gasteiger partial charge in [0.05, 0.1) is 0 Å². The van der Waals surface area contributed by atoms with Crippen LogP contribution in [-0.4, -0.2) is 31.0 Å². The maximum Gasteiger partial charge on any atom is 0.273 e.